The molecule has 0 N–H and O–H groups in total. The Labute approximate surface area is 147 Å². The second-order valence-electron chi connectivity index (χ2n) is 6.68. The highest BCUT2D eigenvalue weighted by molar-refractivity contribution is 5.66. The molecule has 2 aromatic rings. The Morgan fingerprint density at radius 2 is 1.42 bits per heavy atom. The van der Waals surface area contributed by atoms with Crippen molar-refractivity contribution in [3.8, 4) is 11.3 Å². The van der Waals surface area contributed by atoms with Gasteiger partial charge < -0.3 is 0 Å². The average Bonchev–Trinajstić information content (AvgIpc) is 2.63. The number of aromatic nitrogens is 2. The molecule has 0 spiro atoms. The lowest BCUT2D eigenvalue weighted by Crippen LogP contribution is -1.99. The number of unbranched alkanes of at least 4 members (excludes halogenated alkanes) is 6. The van der Waals surface area contributed by atoms with Gasteiger partial charge in [0.25, 0.3) is 0 Å². The predicted molar refractivity (Wildman–Crippen MR) is 103 cm³/mol. The first-order valence-electron chi connectivity index (χ1n) is 9.74. The summed E-state index contributed by atoms with van der Waals surface area (Å²) < 4.78 is 0. The Bertz CT molecular complexity index is 539. The molecule has 130 valence electrons. The molecular weight excluding hydrogens is 292 g/mol. The van der Waals surface area contributed by atoms with E-state index in [0.29, 0.717) is 0 Å². The molecule has 1 aromatic heterocycles. The Kier molecular flexibility index (Phi) is 8.51. The van der Waals surface area contributed by atoms with Crippen molar-refractivity contribution in [2.24, 2.45) is 0 Å². The van der Waals surface area contributed by atoms with E-state index in [9.17, 15) is 0 Å². The van der Waals surface area contributed by atoms with Crippen LogP contribution in [0.15, 0.2) is 36.8 Å². The minimum atomic E-state index is 1.08. The highest BCUT2D eigenvalue weighted by Crippen LogP contribution is 2.27. The zero-order valence-corrected chi connectivity index (χ0v) is 15.4. The summed E-state index contributed by atoms with van der Waals surface area (Å²) in [7, 11) is 0. The molecule has 0 aliphatic carbocycles. The van der Waals surface area contributed by atoms with Crippen LogP contribution < -0.4 is 0 Å². The molecule has 2 heteroatoms. The van der Waals surface area contributed by atoms with Gasteiger partial charge in [-0.1, -0.05) is 76.6 Å². The molecule has 0 radical (unpaired) electrons. The van der Waals surface area contributed by atoms with Gasteiger partial charge in [0.05, 0.1) is 5.69 Å². The van der Waals surface area contributed by atoms with Crippen LogP contribution in [-0.4, -0.2) is 9.97 Å². The van der Waals surface area contributed by atoms with Crippen LogP contribution in [0.5, 0.6) is 0 Å². The number of hydrogen-bond donors (Lipinski definition) is 0. The van der Waals surface area contributed by atoms with Gasteiger partial charge in [-0.15, -0.1) is 0 Å². The van der Waals surface area contributed by atoms with Gasteiger partial charge in [0.2, 0.25) is 0 Å². The lowest BCUT2D eigenvalue weighted by molar-refractivity contribution is 0.664. The van der Waals surface area contributed by atoms with Crippen LogP contribution >= 0.6 is 0 Å². The van der Waals surface area contributed by atoms with Crippen molar-refractivity contribution in [3.05, 3.63) is 47.9 Å². The topological polar surface area (TPSA) is 25.8 Å². The Balaban J connectivity index is 2.12. The smallest absolute Gasteiger partial charge is 0.116 e. The van der Waals surface area contributed by atoms with Crippen LogP contribution in [0.4, 0.5) is 0 Å². The third-order valence-corrected chi connectivity index (χ3v) is 4.66. The quantitative estimate of drug-likeness (QED) is 0.448. The molecule has 0 aliphatic rings. The van der Waals surface area contributed by atoms with Crippen LogP contribution in [0, 0.1) is 0 Å². The van der Waals surface area contributed by atoms with Gasteiger partial charge in [0.15, 0.2) is 0 Å². The number of benzene rings is 1. The number of hydrogen-bond acceptors (Lipinski definition) is 2. The lowest BCUT2D eigenvalue weighted by atomic mass is 9.95. The largest absolute Gasteiger partial charge is 0.244 e. The molecule has 2 nitrogen and oxygen atoms in total. The van der Waals surface area contributed by atoms with Crippen molar-refractivity contribution in [1.82, 2.24) is 9.97 Å². The fraction of sp³-hybridized carbons (Fsp3) is 0.545. The Morgan fingerprint density at radius 1 is 0.750 bits per heavy atom. The third kappa shape index (κ3) is 5.74. The van der Waals surface area contributed by atoms with E-state index in [2.05, 4.69) is 48.1 Å². The maximum Gasteiger partial charge on any atom is 0.116 e. The van der Waals surface area contributed by atoms with Gasteiger partial charge in [0, 0.05) is 11.8 Å². The van der Waals surface area contributed by atoms with Gasteiger partial charge in [0.1, 0.15) is 6.33 Å². The van der Waals surface area contributed by atoms with E-state index >= 15 is 0 Å². The van der Waals surface area contributed by atoms with E-state index in [1.165, 1.54) is 68.1 Å². The summed E-state index contributed by atoms with van der Waals surface area (Å²) in [6.45, 7) is 4.52. The maximum atomic E-state index is 4.64. The minimum absolute atomic E-state index is 1.08. The molecule has 0 atom stereocenters. The molecule has 24 heavy (non-hydrogen) atoms. The third-order valence-electron chi connectivity index (χ3n) is 4.66. The van der Waals surface area contributed by atoms with E-state index in [0.717, 1.165) is 18.5 Å². The van der Waals surface area contributed by atoms with E-state index in [1.807, 2.05) is 6.20 Å². The second kappa shape index (κ2) is 11.0. The summed E-state index contributed by atoms with van der Waals surface area (Å²) in [5.41, 5.74) is 5.19. The number of rotatable bonds is 11. The van der Waals surface area contributed by atoms with Gasteiger partial charge in [-0.3, -0.25) is 0 Å². The summed E-state index contributed by atoms with van der Waals surface area (Å²) in [6.07, 6.45) is 16.3. The first-order chi connectivity index (χ1) is 11.9. The monoisotopic (exact) mass is 324 g/mol. The summed E-state index contributed by atoms with van der Waals surface area (Å²) >= 11 is 0. The summed E-state index contributed by atoms with van der Waals surface area (Å²) in [5.74, 6) is 0. The van der Waals surface area contributed by atoms with E-state index in [-0.39, 0.29) is 0 Å². The van der Waals surface area contributed by atoms with Crippen LogP contribution in [-0.2, 0) is 12.8 Å². The van der Waals surface area contributed by atoms with Crippen LogP contribution in [0.2, 0.25) is 0 Å². The van der Waals surface area contributed by atoms with Crippen molar-refractivity contribution in [1.29, 1.82) is 0 Å². The Morgan fingerprint density at radius 3 is 2.12 bits per heavy atom. The van der Waals surface area contributed by atoms with Gasteiger partial charge in [-0.25, -0.2) is 9.97 Å². The molecule has 0 aliphatic heterocycles. The van der Waals surface area contributed by atoms with Gasteiger partial charge >= 0.3 is 0 Å². The highest BCUT2D eigenvalue weighted by Gasteiger charge is 2.10. The average molecular weight is 325 g/mol. The molecule has 0 fully saturated rings. The van der Waals surface area contributed by atoms with Crippen LogP contribution in [0.3, 0.4) is 0 Å². The summed E-state index contributed by atoms with van der Waals surface area (Å²) in [5, 5.41) is 0. The zero-order valence-electron chi connectivity index (χ0n) is 15.4. The molecule has 0 unspecified atom stereocenters. The van der Waals surface area contributed by atoms with E-state index in [4.69, 9.17) is 0 Å². The number of aryl methyl sites for hydroxylation is 2. The lowest BCUT2D eigenvalue weighted by Gasteiger charge is -2.12. The summed E-state index contributed by atoms with van der Waals surface area (Å²) in [6, 6.07) is 8.78. The molecule has 1 aromatic carbocycles. The maximum absolute atomic E-state index is 4.64. The van der Waals surface area contributed by atoms with Crippen molar-refractivity contribution in [2.75, 3.05) is 0 Å². The van der Waals surface area contributed by atoms with Crippen LogP contribution in [0.1, 0.15) is 76.3 Å². The van der Waals surface area contributed by atoms with Gasteiger partial charge in [-0.2, -0.15) is 0 Å². The second-order valence-corrected chi connectivity index (χ2v) is 6.68. The molecule has 0 bridgehead atoms. The standard InChI is InChI=1S/C22H32N2/c1-3-5-7-9-13-19-14-11-12-16-21(19)22-20(17-23-18-24-22)15-10-8-6-4-2/h11-12,14,16-18H,3-10,13,15H2,1-2H3. The zero-order chi connectivity index (χ0) is 17.0. The molecule has 0 amide bonds. The Hall–Kier alpha value is -1.70. The highest BCUT2D eigenvalue weighted by atomic mass is 14.8. The van der Waals surface area contributed by atoms with Crippen LogP contribution in [0.25, 0.3) is 11.3 Å². The molecule has 1 heterocycles. The minimum Gasteiger partial charge on any atom is -0.244 e. The van der Waals surface area contributed by atoms with E-state index < -0.39 is 0 Å². The SMILES string of the molecule is CCCCCCc1ccccc1-c1ncncc1CCCCCC. The van der Waals surface area contributed by atoms with Crippen molar-refractivity contribution in [2.45, 2.75) is 78.1 Å². The molecule has 0 saturated carbocycles. The van der Waals surface area contributed by atoms with Crippen molar-refractivity contribution < 1.29 is 0 Å². The number of nitrogens with zero attached hydrogens (tertiary/aromatic N) is 2. The molecule has 2 rings (SSSR count). The molecular formula is C22H32N2. The molecule has 0 saturated heterocycles. The normalized spacial score (nSPS) is 10.9. The fourth-order valence-corrected chi connectivity index (χ4v) is 3.24. The van der Waals surface area contributed by atoms with E-state index in [1.54, 1.807) is 6.33 Å². The van der Waals surface area contributed by atoms with Gasteiger partial charge in [-0.05, 0) is 36.8 Å². The fourth-order valence-electron chi connectivity index (χ4n) is 3.24. The predicted octanol–water partition coefficient (Wildman–Crippen LogP) is 6.39. The first kappa shape index (κ1) is 18.6. The summed E-state index contributed by atoms with van der Waals surface area (Å²) in [4.78, 5) is 8.92. The van der Waals surface area contributed by atoms with Crippen molar-refractivity contribution >= 4 is 0 Å². The van der Waals surface area contributed by atoms with Crippen molar-refractivity contribution in [3.63, 3.8) is 0 Å². The first-order valence-corrected chi connectivity index (χ1v) is 9.74.